The van der Waals surface area contributed by atoms with Crippen LogP contribution in [0.25, 0.3) is 0 Å². The largest absolute Gasteiger partial charge is 0.352 e. The molecule has 1 aliphatic heterocycles. The molecule has 3 rings (SSSR count). The fourth-order valence-corrected chi connectivity index (χ4v) is 3.97. The zero-order valence-electron chi connectivity index (χ0n) is 11.1. The molecule has 18 heavy (non-hydrogen) atoms. The number of hydrogen-bond acceptors (Lipinski definition) is 3. The highest BCUT2D eigenvalue weighted by Crippen LogP contribution is 2.56. The van der Waals surface area contributed by atoms with Crippen molar-refractivity contribution in [2.75, 3.05) is 19.6 Å². The van der Waals surface area contributed by atoms with Crippen LogP contribution >= 0.6 is 0 Å². The molecule has 3 aliphatic rings. The normalized spacial score (nSPS) is 37.1. The lowest BCUT2D eigenvalue weighted by Crippen LogP contribution is -2.45. The monoisotopic (exact) mass is 251 g/mol. The molecule has 1 saturated heterocycles. The molecule has 0 aromatic heterocycles. The van der Waals surface area contributed by atoms with Crippen LogP contribution in [0, 0.1) is 17.3 Å². The Morgan fingerprint density at radius 1 is 1.44 bits per heavy atom. The van der Waals surface area contributed by atoms with Gasteiger partial charge in [-0.25, -0.2) is 0 Å². The third kappa shape index (κ3) is 2.16. The van der Waals surface area contributed by atoms with E-state index >= 15 is 0 Å². The highest BCUT2D eigenvalue weighted by molar-refractivity contribution is 5.83. The highest BCUT2D eigenvalue weighted by atomic mass is 16.2. The summed E-state index contributed by atoms with van der Waals surface area (Å²) >= 11 is 0. The van der Waals surface area contributed by atoms with E-state index in [0.29, 0.717) is 17.9 Å². The van der Waals surface area contributed by atoms with Crippen molar-refractivity contribution in [3.05, 3.63) is 0 Å². The van der Waals surface area contributed by atoms with Crippen LogP contribution in [0.3, 0.4) is 0 Å². The Balaban J connectivity index is 1.54. The van der Waals surface area contributed by atoms with Crippen molar-refractivity contribution in [1.82, 2.24) is 10.6 Å². The van der Waals surface area contributed by atoms with Gasteiger partial charge >= 0.3 is 0 Å². The smallest absolute Gasteiger partial charge is 0.224 e. The maximum atomic E-state index is 12.3. The Labute approximate surface area is 109 Å². The van der Waals surface area contributed by atoms with Gasteiger partial charge in [0.1, 0.15) is 0 Å². The van der Waals surface area contributed by atoms with E-state index in [0.717, 1.165) is 19.5 Å². The fourth-order valence-electron chi connectivity index (χ4n) is 3.97. The van der Waals surface area contributed by atoms with Crippen molar-refractivity contribution < 1.29 is 4.79 Å². The minimum absolute atomic E-state index is 0.215. The third-order valence-corrected chi connectivity index (χ3v) is 5.33. The molecule has 1 heterocycles. The van der Waals surface area contributed by atoms with Crippen LogP contribution in [0.4, 0.5) is 0 Å². The van der Waals surface area contributed by atoms with E-state index in [2.05, 4.69) is 10.6 Å². The number of amides is 1. The summed E-state index contributed by atoms with van der Waals surface area (Å²) < 4.78 is 0. The van der Waals surface area contributed by atoms with Gasteiger partial charge in [0.15, 0.2) is 0 Å². The lowest BCUT2D eigenvalue weighted by Gasteiger charge is -2.23. The average Bonchev–Trinajstić information content (AvgIpc) is 2.77. The van der Waals surface area contributed by atoms with Gasteiger partial charge < -0.3 is 16.4 Å². The SMILES string of the molecule is NCC(NC(=O)C1CC12CCNC2)C1CCCC1. The molecule has 4 heteroatoms. The summed E-state index contributed by atoms with van der Waals surface area (Å²) in [4.78, 5) is 12.3. The van der Waals surface area contributed by atoms with Crippen LogP contribution in [-0.4, -0.2) is 31.6 Å². The molecule has 3 unspecified atom stereocenters. The lowest BCUT2D eigenvalue weighted by molar-refractivity contribution is -0.124. The Morgan fingerprint density at radius 3 is 2.83 bits per heavy atom. The molecule has 1 spiro atoms. The van der Waals surface area contributed by atoms with Gasteiger partial charge in [0.2, 0.25) is 5.91 Å². The second-order valence-electron chi connectivity index (χ2n) is 6.44. The first-order chi connectivity index (χ1) is 8.75. The van der Waals surface area contributed by atoms with Crippen LogP contribution < -0.4 is 16.4 Å². The topological polar surface area (TPSA) is 67.1 Å². The van der Waals surface area contributed by atoms with Crippen molar-refractivity contribution in [2.45, 2.75) is 44.6 Å². The fraction of sp³-hybridized carbons (Fsp3) is 0.929. The molecule has 4 N–H and O–H groups in total. The Hall–Kier alpha value is -0.610. The van der Waals surface area contributed by atoms with Gasteiger partial charge in [-0.15, -0.1) is 0 Å². The molecule has 1 amide bonds. The van der Waals surface area contributed by atoms with E-state index in [1.54, 1.807) is 0 Å². The first-order valence-corrected chi connectivity index (χ1v) is 7.46. The standard InChI is InChI=1S/C14H25N3O/c15-8-12(10-3-1-2-4-10)17-13(18)11-7-14(11)5-6-16-9-14/h10-12,16H,1-9,15H2,(H,17,18). The summed E-state index contributed by atoms with van der Waals surface area (Å²) in [5.74, 6) is 1.14. The van der Waals surface area contributed by atoms with Gasteiger partial charge in [0, 0.05) is 25.0 Å². The number of nitrogens with two attached hydrogens (primary N) is 1. The molecule has 3 fully saturated rings. The van der Waals surface area contributed by atoms with Crippen LogP contribution in [-0.2, 0) is 4.79 Å². The zero-order chi connectivity index (χ0) is 12.6. The molecule has 0 radical (unpaired) electrons. The Morgan fingerprint density at radius 2 is 2.22 bits per heavy atom. The quantitative estimate of drug-likeness (QED) is 0.686. The number of nitrogens with one attached hydrogen (secondary N) is 2. The maximum absolute atomic E-state index is 12.3. The molecule has 2 aliphatic carbocycles. The van der Waals surface area contributed by atoms with Crippen LogP contribution in [0.5, 0.6) is 0 Å². The first-order valence-electron chi connectivity index (χ1n) is 7.46. The second-order valence-corrected chi connectivity index (χ2v) is 6.44. The van der Waals surface area contributed by atoms with Crippen molar-refractivity contribution in [3.8, 4) is 0 Å². The van der Waals surface area contributed by atoms with Gasteiger partial charge in [0.05, 0.1) is 0 Å². The van der Waals surface area contributed by atoms with E-state index in [-0.39, 0.29) is 17.9 Å². The maximum Gasteiger partial charge on any atom is 0.224 e. The number of carbonyl (C=O) groups is 1. The molecule has 3 atom stereocenters. The summed E-state index contributed by atoms with van der Waals surface area (Å²) in [6, 6.07) is 0.215. The van der Waals surface area contributed by atoms with Crippen molar-refractivity contribution in [3.63, 3.8) is 0 Å². The van der Waals surface area contributed by atoms with E-state index in [4.69, 9.17) is 5.73 Å². The molecule has 0 aromatic carbocycles. The molecule has 0 aromatic rings. The Kier molecular flexibility index (Phi) is 3.32. The van der Waals surface area contributed by atoms with Crippen molar-refractivity contribution in [1.29, 1.82) is 0 Å². The molecular formula is C14H25N3O. The van der Waals surface area contributed by atoms with Crippen molar-refractivity contribution >= 4 is 5.91 Å². The summed E-state index contributed by atoms with van der Waals surface area (Å²) in [6.45, 7) is 2.70. The zero-order valence-corrected chi connectivity index (χ0v) is 11.1. The average molecular weight is 251 g/mol. The number of hydrogen-bond donors (Lipinski definition) is 3. The van der Waals surface area contributed by atoms with Crippen LogP contribution in [0.15, 0.2) is 0 Å². The van der Waals surface area contributed by atoms with E-state index in [9.17, 15) is 4.79 Å². The Bertz CT molecular complexity index is 319. The number of rotatable bonds is 4. The minimum Gasteiger partial charge on any atom is -0.352 e. The molecule has 102 valence electrons. The summed E-state index contributed by atoms with van der Waals surface area (Å²) in [7, 11) is 0. The predicted octanol–water partition coefficient (Wildman–Crippen LogP) is 0.620. The van der Waals surface area contributed by atoms with Crippen LogP contribution in [0.2, 0.25) is 0 Å². The van der Waals surface area contributed by atoms with Gasteiger partial charge in [-0.1, -0.05) is 12.8 Å². The van der Waals surface area contributed by atoms with E-state index < -0.39 is 0 Å². The van der Waals surface area contributed by atoms with Gasteiger partial charge in [0.25, 0.3) is 0 Å². The second kappa shape index (κ2) is 4.82. The van der Waals surface area contributed by atoms with E-state index in [1.807, 2.05) is 0 Å². The van der Waals surface area contributed by atoms with Crippen LogP contribution in [0.1, 0.15) is 38.5 Å². The summed E-state index contributed by atoms with van der Waals surface area (Å²) in [5.41, 5.74) is 6.14. The van der Waals surface area contributed by atoms with Gasteiger partial charge in [-0.2, -0.15) is 0 Å². The minimum atomic E-state index is 0.215. The molecule has 2 saturated carbocycles. The highest BCUT2D eigenvalue weighted by Gasteiger charge is 2.59. The van der Waals surface area contributed by atoms with E-state index in [1.165, 1.54) is 32.1 Å². The predicted molar refractivity (Wildman–Crippen MR) is 71.0 cm³/mol. The van der Waals surface area contributed by atoms with Crippen molar-refractivity contribution in [2.24, 2.45) is 23.0 Å². The lowest BCUT2D eigenvalue weighted by atomic mass is 9.97. The van der Waals surface area contributed by atoms with Gasteiger partial charge in [-0.3, -0.25) is 4.79 Å². The molecular weight excluding hydrogens is 226 g/mol. The first kappa shape index (κ1) is 12.4. The summed E-state index contributed by atoms with van der Waals surface area (Å²) in [5, 5.41) is 6.61. The molecule has 4 nitrogen and oxygen atoms in total. The number of carbonyl (C=O) groups excluding carboxylic acids is 1. The third-order valence-electron chi connectivity index (χ3n) is 5.33. The summed E-state index contributed by atoms with van der Waals surface area (Å²) in [6.07, 6.45) is 7.32. The molecule has 0 bridgehead atoms. The van der Waals surface area contributed by atoms with Gasteiger partial charge in [-0.05, 0) is 43.6 Å².